The van der Waals surface area contributed by atoms with Crippen molar-refractivity contribution in [3.05, 3.63) is 53.6 Å². The first-order valence-electron chi connectivity index (χ1n) is 11.4. The molecular weight excluding hydrogens is 438 g/mol. The van der Waals surface area contributed by atoms with Gasteiger partial charge in [-0.05, 0) is 49.6 Å². The van der Waals surface area contributed by atoms with Crippen LogP contribution in [0.4, 0.5) is 5.13 Å². The summed E-state index contributed by atoms with van der Waals surface area (Å²) in [6, 6.07) is 12.7. The van der Waals surface area contributed by atoms with Crippen molar-refractivity contribution in [3.63, 3.8) is 0 Å². The maximum absolute atomic E-state index is 12.4. The second kappa shape index (κ2) is 10.6. The number of fused-ring (bicyclic) bond motifs is 2. The van der Waals surface area contributed by atoms with Gasteiger partial charge in [-0.1, -0.05) is 43.2 Å². The first-order valence-corrected chi connectivity index (χ1v) is 12.2. The first kappa shape index (κ1) is 22.9. The summed E-state index contributed by atoms with van der Waals surface area (Å²) in [7, 11) is 0. The van der Waals surface area contributed by atoms with Crippen LogP contribution in [0.1, 0.15) is 66.2 Å². The Bertz CT molecular complexity index is 1140. The third-order valence-corrected chi connectivity index (χ3v) is 6.47. The van der Waals surface area contributed by atoms with Crippen LogP contribution in [0.15, 0.2) is 42.5 Å². The monoisotopic (exact) mass is 465 g/mol. The normalized spacial score (nSPS) is 12.9. The number of imide groups is 1. The highest BCUT2D eigenvalue weighted by Gasteiger charge is 2.34. The van der Waals surface area contributed by atoms with E-state index in [1.165, 1.54) is 16.2 Å². The number of amides is 3. The fourth-order valence-corrected chi connectivity index (χ4v) is 4.65. The van der Waals surface area contributed by atoms with Crippen molar-refractivity contribution < 1.29 is 19.1 Å². The van der Waals surface area contributed by atoms with Gasteiger partial charge in [0.05, 0.1) is 28.0 Å². The van der Waals surface area contributed by atoms with Gasteiger partial charge in [0.25, 0.3) is 11.8 Å². The molecule has 33 heavy (non-hydrogen) atoms. The van der Waals surface area contributed by atoms with Crippen LogP contribution in [0.2, 0.25) is 0 Å². The Hall–Kier alpha value is -3.26. The SMILES string of the molecule is CCCCOc1ccc2nc(NC(=O)CCCCCN3C(=O)c4ccccc4C3=O)sc2c1. The van der Waals surface area contributed by atoms with E-state index in [0.29, 0.717) is 48.7 Å². The van der Waals surface area contributed by atoms with Crippen molar-refractivity contribution in [1.82, 2.24) is 9.88 Å². The number of hydrogen-bond acceptors (Lipinski definition) is 6. The molecular formula is C25H27N3O4S. The lowest BCUT2D eigenvalue weighted by molar-refractivity contribution is -0.116. The maximum atomic E-state index is 12.4. The van der Waals surface area contributed by atoms with E-state index in [1.807, 2.05) is 18.2 Å². The molecule has 3 aromatic rings. The number of nitrogens with zero attached hydrogens (tertiary/aromatic N) is 2. The van der Waals surface area contributed by atoms with Crippen molar-refractivity contribution >= 4 is 44.4 Å². The zero-order valence-electron chi connectivity index (χ0n) is 18.6. The summed E-state index contributed by atoms with van der Waals surface area (Å²) < 4.78 is 6.71. The number of hydrogen-bond donors (Lipinski definition) is 1. The molecule has 3 amide bonds. The van der Waals surface area contributed by atoms with E-state index < -0.39 is 0 Å². The van der Waals surface area contributed by atoms with Gasteiger partial charge >= 0.3 is 0 Å². The van der Waals surface area contributed by atoms with E-state index in [-0.39, 0.29) is 17.7 Å². The van der Waals surface area contributed by atoms with Gasteiger partial charge in [0.1, 0.15) is 5.75 Å². The minimum atomic E-state index is -0.233. The maximum Gasteiger partial charge on any atom is 0.261 e. The minimum absolute atomic E-state index is 0.0887. The van der Waals surface area contributed by atoms with Crippen molar-refractivity contribution in [2.75, 3.05) is 18.5 Å². The van der Waals surface area contributed by atoms with Crippen molar-refractivity contribution in [3.8, 4) is 5.75 Å². The molecule has 4 rings (SSSR count). The standard InChI is InChI=1S/C25H27N3O4S/c1-2-3-15-32-17-12-13-20-21(16-17)33-25(26-20)27-22(29)11-5-4-8-14-28-23(30)18-9-6-7-10-19(18)24(28)31/h6-7,9-10,12-13,16H,2-5,8,11,14-15H2,1H3,(H,26,27,29). The molecule has 0 saturated carbocycles. The molecule has 0 atom stereocenters. The van der Waals surface area contributed by atoms with Gasteiger partial charge in [-0.25, -0.2) is 4.98 Å². The Morgan fingerprint density at radius 1 is 1.03 bits per heavy atom. The van der Waals surface area contributed by atoms with Gasteiger partial charge < -0.3 is 10.1 Å². The Morgan fingerprint density at radius 2 is 1.79 bits per heavy atom. The molecule has 1 aromatic heterocycles. The van der Waals surface area contributed by atoms with Crippen LogP contribution < -0.4 is 10.1 Å². The third kappa shape index (κ3) is 5.39. The molecule has 7 nitrogen and oxygen atoms in total. The van der Waals surface area contributed by atoms with Crippen LogP contribution in [-0.4, -0.2) is 40.8 Å². The zero-order chi connectivity index (χ0) is 23.2. The highest BCUT2D eigenvalue weighted by atomic mass is 32.1. The summed E-state index contributed by atoms with van der Waals surface area (Å²) in [6.07, 6.45) is 4.56. The molecule has 0 saturated heterocycles. The predicted molar refractivity (Wildman–Crippen MR) is 129 cm³/mol. The van der Waals surface area contributed by atoms with Gasteiger partial charge in [-0.15, -0.1) is 0 Å². The number of aromatic nitrogens is 1. The topological polar surface area (TPSA) is 88.6 Å². The average Bonchev–Trinajstić information content (AvgIpc) is 3.32. The minimum Gasteiger partial charge on any atom is -0.494 e. The number of carbonyl (C=O) groups is 3. The van der Waals surface area contributed by atoms with Gasteiger partial charge in [-0.2, -0.15) is 0 Å². The third-order valence-electron chi connectivity index (χ3n) is 5.54. The summed E-state index contributed by atoms with van der Waals surface area (Å²) in [6.45, 7) is 3.19. The van der Waals surface area contributed by atoms with E-state index in [9.17, 15) is 14.4 Å². The number of nitrogens with one attached hydrogen (secondary N) is 1. The molecule has 1 N–H and O–H groups in total. The summed E-state index contributed by atoms with van der Waals surface area (Å²) in [4.78, 5) is 42.8. The Balaban J connectivity index is 1.20. The molecule has 1 aliphatic rings. The van der Waals surface area contributed by atoms with Crippen LogP contribution in [0.25, 0.3) is 10.2 Å². The number of anilines is 1. The lowest BCUT2D eigenvalue weighted by Crippen LogP contribution is -2.30. The molecule has 0 aliphatic carbocycles. The average molecular weight is 466 g/mol. The molecule has 8 heteroatoms. The van der Waals surface area contributed by atoms with Crippen molar-refractivity contribution in [2.45, 2.75) is 45.4 Å². The summed E-state index contributed by atoms with van der Waals surface area (Å²) in [5, 5.41) is 3.45. The van der Waals surface area contributed by atoms with E-state index >= 15 is 0 Å². The van der Waals surface area contributed by atoms with Crippen LogP contribution in [0, 0.1) is 0 Å². The largest absolute Gasteiger partial charge is 0.494 e. The fraction of sp³-hybridized carbons (Fsp3) is 0.360. The quantitative estimate of drug-likeness (QED) is 0.308. The van der Waals surface area contributed by atoms with Crippen LogP contribution in [0.5, 0.6) is 5.75 Å². The smallest absolute Gasteiger partial charge is 0.261 e. The second-order valence-corrected chi connectivity index (χ2v) is 9.05. The Kier molecular flexibility index (Phi) is 7.34. The van der Waals surface area contributed by atoms with Gasteiger partial charge in [-0.3, -0.25) is 19.3 Å². The van der Waals surface area contributed by atoms with Crippen LogP contribution >= 0.6 is 11.3 Å². The number of rotatable bonds is 11. The van der Waals surface area contributed by atoms with Crippen LogP contribution in [0.3, 0.4) is 0 Å². The van der Waals surface area contributed by atoms with Gasteiger partial charge in [0.2, 0.25) is 5.91 Å². The number of carbonyl (C=O) groups excluding carboxylic acids is 3. The lowest BCUT2D eigenvalue weighted by atomic mass is 10.1. The first-order chi connectivity index (χ1) is 16.1. The molecule has 0 unspecified atom stereocenters. The predicted octanol–water partition coefficient (Wildman–Crippen LogP) is 5.27. The lowest BCUT2D eigenvalue weighted by Gasteiger charge is -2.13. The molecule has 2 heterocycles. The van der Waals surface area contributed by atoms with Crippen molar-refractivity contribution in [1.29, 1.82) is 0 Å². The van der Waals surface area contributed by atoms with E-state index in [2.05, 4.69) is 17.2 Å². The molecule has 172 valence electrons. The molecule has 2 aromatic carbocycles. The Labute approximate surface area is 196 Å². The summed E-state index contributed by atoms with van der Waals surface area (Å²) >= 11 is 1.43. The number of thiazole rings is 1. The molecule has 0 bridgehead atoms. The van der Waals surface area contributed by atoms with Crippen molar-refractivity contribution in [2.24, 2.45) is 0 Å². The van der Waals surface area contributed by atoms with E-state index in [4.69, 9.17) is 4.74 Å². The zero-order valence-corrected chi connectivity index (χ0v) is 19.5. The van der Waals surface area contributed by atoms with Gasteiger partial charge in [0, 0.05) is 13.0 Å². The Morgan fingerprint density at radius 3 is 2.52 bits per heavy atom. The van der Waals surface area contributed by atoms with E-state index in [0.717, 1.165) is 35.2 Å². The second-order valence-electron chi connectivity index (χ2n) is 8.02. The number of ether oxygens (including phenoxy) is 1. The summed E-state index contributed by atoms with van der Waals surface area (Å²) in [5.74, 6) is 0.260. The van der Waals surface area contributed by atoms with Gasteiger partial charge in [0.15, 0.2) is 5.13 Å². The van der Waals surface area contributed by atoms with E-state index in [1.54, 1.807) is 24.3 Å². The highest BCUT2D eigenvalue weighted by molar-refractivity contribution is 7.22. The van der Waals surface area contributed by atoms with Crippen LogP contribution in [-0.2, 0) is 4.79 Å². The molecule has 0 fully saturated rings. The molecule has 0 spiro atoms. The fourth-order valence-electron chi connectivity index (χ4n) is 3.74. The molecule has 0 radical (unpaired) electrons. The summed E-state index contributed by atoms with van der Waals surface area (Å²) in [5.41, 5.74) is 1.77. The number of benzene rings is 2. The number of unbranched alkanes of at least 4 members (excludes halogenated alkanes) is 3. The highest BCUT2D eigenvalue weighted by Crippen LogP contribution is 2.29. The molecule has 1 aliphatic heterocycles.